The van der Waals surface area contributed by atoms with E-state index in [0.717, 1.165) is 25.7 Å². The molecule has 7 heteroatoms. The summed E-state index contributed by atoms with van der Waals surface area (Å²) in [4.78, 5) is 0. The van der Waals surface area contributed by atoms with Crippen molar-refractivity contribution >= 4 is 26.1 Å². The van der Waals surface area contributed by atoms with Crippen LogP contribution in [0.15, 0.2) is 0 Å². The summed E-state index contributed by atoms with van der Waals surface area (Å²) >= 11 is 3.37. The SMILES string of the molecule is CC1COC(CBr)CN1S(=O)(=O)N1CCCCCC1. The van der Waals surface area contributed by atoms with Crippen LogP contribution in [0.3, 0.4) is 0 Å². The van der Waals surface area contributed by atoms with Crippen LogP contribution in [0.4, 0.5) is 0 Å². The Morgan fingerprint density at radius 3 is 2.42 bits per heavy atom. The molecule has 0 bridgehead atoms. The first-order chi connectivity index (χ1) is 9.05. The summed E-state index contributed by atoms with van der Waals surface area (Å²) in [6.07, 6.45) is 4.17. The Balaban J connectivity index is 2.12. The van der Waals surface area contributed by atoms with Gasteiger partial charge in [-0.2, -0.15) is 17.0 Å². The first-order valence-electron chi connectivity index (χ1n) is 7.00. The van der Waals surface area contributed by atoms with Gasteiger partial charge in [0.25, 0.3) is 10.2 Å². The van der Waals surface area contributed by atoms with E-state index in [1.165, 1.54) is 0 Å². The van der Waals surface area contributed by atoms with Crippen LogP contribution in [-0.2, 0) is 14.9 Å². The first-order valence-corrected chi connectivity index (χ1v) is 9.52. The summed E-state index contributed by atoms with van der Waals surface area (Å²) in [6, 6.07) is -0.0800. The predicted molar refractivity (Wildman–Crippen MR) is 78.7 cm³/mol. The smallest absolute Gasteiger partial charge is 0.282 e. The molecule has 0 spiro atoms. The average molecular weight is 355 g/mol. The summed E-state index contributed by atoms with van der Waals surface area (Å²) < 4.78 is 34.4. The Labute approximate surface area is 124 Å². The van der Waals surface area contributed by atoms with Crippen LogP contribution >= 0.6 is 15.9 Å². The Morgan fingerprint density at radius 2 is 1.84 bits per heavy atom. The van der Waals surface area contributed by atoms with Gasteiger partial charge in [-0.3, -0.25) is 0 Å². The number of morpholine rings is 1. The van der Waals surface area contributed by atoms with Crippen molar-refractivity contribution in [3.05, 3.63) is 0 Å². The van der Waals surface area contributed by atoms with Gasteiger partial charge in [-0.25, -0.2) is 0 Å². The molecular weight excluding hydrogens is 332 g/mol. The second kappa shape index (κ2) is 6.85. The number of hydrogen-bond acceptors (Lipinski definition) is 3. The van der Waals surface area contributed by atoms with Crippen LogP contribution < -0.4 is 0 Å². The highest BCUT2D eigenvalue weighted by molar-refractivity contribution is 9.09. The minimum Gasteiger partial charge on any atom is -0.374 e. The summed E-state index contributed by atoms with van der Waals surface area (Å²) in [5.41, 5.74) is 0. The lowest BCUT2D eigenvalue weighted by molar-refractivity contribution is -0.0159. The van der Waals surface area contributed by atoms with E-state index in [-0.39, 0.29) is 12.1 Å². The van der Waals surface area contributed by atoms with E-state index in [0.29, 0.717) is 31.6 Å². The minimum atomic E-state index is -3.33. The van der Waals surface area contributed by atoms with Crippen molar-refractivity contribution in [2.24, 2.45) is 0 Å². The minimum absolute atomic E-state index is 0.0436. The second-order valence-electron chi connectivity index (χ2n) is 5.35. The van der Waals surface area contributed by atoms with Crippen LogP contribution in [0.1, 0.15) is 32.6 Å². The van der Waals surface area contributed by atoms with Crippen LogP contribution in [0.5, 0.6) is 0 Å². The Kier molecular flexibility index (Phi) is 5.65. The molecule has 0 aromatic heterocycles. The van der Waals surface area contributed by atoms with Gasteiger partial charge in [-0.05, 0) is 19.8 Å². The zero-order valence-electron chi connectivity index (χ0n) is 11.4. The van der Waals surface area contributed by atoms with Gasteiger partial charge in [0.15, 0.2) is 0 Å². The van der Waals surface area contributed by atoms with Gasteiger partial charge in [0.2, 0.25) is 0 Å². The molecule has 0 aromatic carbocycles. The molecule has 0 aromatic rings. The predicted octanol–water partition coefficient (Wildman–Crippen LogP) is 1.59. The van der Waals surface area contributed by atoms with E-state index >= 15 is 0 Å². The van der Waals surface area contributed by atoms with E-state index in [9.17, 15) is 8.42 Å². The van der Waals surface area contributed by atoms with Crippen molar-refractivity contribution in [3.63, 3.8) is 0 Å². The lowest BCUT2D eigenvalue weighted by Crippen LogP contribution is -2.55. The molecule has 0 radical (unpaired) electrons. The molecule has 0 aliphatic carbocycles. The van der Waals surface area contributed by atoms with Gasteiger partial charge >= 0.3 is 0 Å². The van der Waals surface area contributed by atoms with E-state index in [1.807, 2.05) is 6.92 Å². The molecule has 2 fully saturated rings. The van der Waals surface area contributed by atoms with Crippen molar-refractivity contribution in [2.75, 3.05) is 31.6 Å². The van der Waals surface area contributed by atoms with Crippen molar-refractivity contribution in [2.45, 2.75) is 44.8 Å². The number of alkyl halides is 1. The molecule has 112 valence electrons. The Morgan fingerprint density at radius 1 is 1.21 bits per heavy atom. The quantitative estimate of drug-likeness (QED) is 0.723. The molecular formula is C12H23BrN2O3S. The van der Waals surface area contributed by atoms with Crippen LogP contribution in [0.2, 0.25) is 0 Å². The molecule has 2 heterocycles. The third kappa shape index (κ3) is 3.69. The third-order valence-electron chi connectivity index (χ3n) is 3.81. The monoisotopic (exact) mass is 354 g/mol. The van der Waals surface area contributed by atoms with Gasteiger partial charge in [-0.15, -0.1) is 0 Å². The van der Waals surface area contributed by atoms with Crippen molar-refractivity contribution in [1.82, 2.24) is 8.61 Å². The molecule has 0 N–H and O–H groups in total. The van der Waals surface area contributed by atoms with Gasteiger partial charge in [-0.1, -0.05) is 28.8 Å². The maximum Gasteiger partial charge on any atom is 0.282 e. The fraction of sp³-hybridized carbons (Fsp3) is 1.00. The number of ether oxygens (including phenoxy) is 1. The van der Waals surface area contributed by atoms with E-state index in [1.54, 1.807) is 8.61 Å². The first kappa shape index (κ1) is 15.7. The van der Waals surface area contributed by atoms with Crippen molar-refractivity contribution in [1.29, 1.82) is 0 Å². The molecule has 2 aliphatic rings. The second-order valence-corrected chi connectivity index (χ2v) is 7.88. The molecule has 0 saturated carbocycles. The molecule has 2 rings (SSSR count). The molecule has 0 amide bonds. The fourth-order valence-electron chi connectivity index (χ4n) is 2.63. The number of rotatable bonds is 3. The van der Waals surface area contributed by atoms with Gasteiger partial charge in [0.1, 0.15) is 0 Å². The van der Waals surface area contributed by atoms with E-state index < -0.39 is 10.2 Å². The number of nitrogens with zero attached hydrogens (tertiary/aromatic N) is 2. The van der Waals surface area contributed by atoms with Crippen LogP contribution in [-0.4, -0.2) is 60.7 Å². The maximum absolute atomic E-state index is 12.7. The molecule has 2 aliphatic heterocycles. The normalized spacial score (nSPS) is 32.1. The molecule has 2 saturated heterocycles. The summed E-state index contributed by atoms with van der Waals surface area (Å²) in [6.45, 7) is 4.16. The van der Waals surface area contributed by atoms with Crippen LogP contribution in [0.25, 0.3) is 0 Å². The summed E-state index contributed by atoms with van der Waals surface area (Å²) in [5, 5.41) is 0.672. The summed E-state index contributed by atoms with van der Waals surface area (Å²) in [5.74, 6) is 0. The fourth-order valence-corrected chi connectivity index (χ4v) is 4.91. The maximum atomic E-state index is 12.7. The highest BCUT2D eigenvalue weighted by Gasteiger charge is 2.37. The van der Waals surface area contributed by atoms with Crippen molar-refractivity contribution in [3.8, 4) is 0 Å². The average Bonchev–Trinajstić information content (AvgIpc) is 2.68. The zero-order chi connectivity index (χ0) is 13.9. The molecule has 2 unspecified atom stereocenters. The number of hydrogen-bond donors (Lipinski definition) is 0. The van der Waals surface area contributed by atoms with E-state index in [2.05, 4.69) is 15.9 Å². The third-order valence-corrected chi connectivity index (χ3v) is 6.65. The van der Waals surface area contributed by atoms with Crippen molar-refractivity contribution < 1.29 is 13.2 Å². The lowest BCUT2D eigenvalue weighted by atomic mass is 10.2. The molecule has 5 nitrogen and oxygen atoms in total. The highest BCUT2D eigenvalue weighted by Crippen LogP contribution is 2.22. The van der Waals surface area contributed by atoms with Crippen LogP contribution in [0, 0.1) is 0 Å². The van der Waals surface area contributed by atoms with Gasteiger partial charge in [0, 0.05) is 31.0 Å². The number of halogens is 1. The zero-order valence-corrected chi connectivity index (χ0v) is 13.8. The lowest BCUT2D eigenvalue weighted by Gasteiger charge is -2.39. The standard InChI is InChI=1S/C12H23BrN2O3S/c1-11-10-18-12(8-13)9-15(11)19(16,17)14-6-4-2-3-5-7-14/h11-12H,2-10H2,1H3. The molecule has 19 heavy (non-hydrogen) atoms. The topological polar surface area (TPSA) is 49.9 Å². The largest absolute Gasteiger partial charge is 0.374 e. The molecule has 2 atom stereocenters. The Hall–Kier alpha value is 0.310. The van der Waals surface area contributed by atoms with E-state index in [4.69, 9.17) is 4.74 Å². The van der Waals surface area contributed by atoms with Gasteiger partial charge in [0.05, 0.1) is 12.7 Å². The van der Waals surface area contributed by atoms with Gasteiger partial charge < -0.3 is 4.74 Å². The Bertz CT molecular complexity index is 382. The summed E-state index contributed by atoms with van der Waals surface area (Å²) in [7, 11) is -3.33. The highest BCUT2D eigenvalue weighted by atomic mass is 79.9.